The van der Waals surface area contributed by atoms with Crippen LogP contribution in [0.25, 0.3) is 11.0 Å². The molecule has 2 aromatic heterocycles. The van der Waals surface area contributed by atoms with E-state index in [1.54, 1.807) is 13.1 Å². The van der Waals surface area contributed by atoms with Crippen LogP contribution in [-0.4, -0.2) is 46.8 Å². The molecule has 5 atom stereocenters. The molecule has 0 aromatic carbocycles. The summed E-state index contributed by atoms with van der Waals surface area (Å²) in [7, 11) is -1.12. The summed E-state index contributed by atoms with van der Waals surface area (Å²) in [6.45, 7) is 9.92. The summed E-state index contributed by atoms with van der Waals surface area (Å²) in [6, 6.07) is 3.51. The molecule has 0 aliphatic heterocycles. The van der Waals surface area contributed by atoms with E-state index >= 15 is 0 Å². The minimum atomic E-state index is -1.12. The topological polar surface area (TPSA) is 76.4 Å². The number of hydrogen-bond donors (Lipinski definition) is 2. The fraction of sp³-hybridized carbons (Fsp3) is 0.680. The number of rotatable bonds is 8. The molecule has 0 amide bonds. The first-order chi connectivity index (χ1) is 15.1. The van der Waals surface area contributed by atoms with Crippen LogP contribution in [-0.2, 0) is 11.5 Å². The van der Waals surface area contributed by atoms with Crippen molar-refractivity contribution in [3.63, 3.8) is 0 Å². The van der Waals surface area contributed by atoms with Crippen molar-refractivity contribution in [2.45, 2.75) is 83.1 Å². The van der Waals surface area contributed by atoms with Crippen LogP contribution in [0.3, 0.4) is 0 Å². The van der Waals surface area contributed by atoms with Crippen LogP contribution in [0.1, 0.15) is 49.4 Å². The number of aliphatic hydroxyl groups is 1. The zero-order valence-corrected chi connectivity index (χ0v) is 20.9. The van der Waals surface area contributed by atoms with Gasteiger partial charge in [0.1, 0.15) is 12.4 Å². The van der Waals surface area contributed by atoms with Gasteiger partial charge in [-0.1, -0.05) is 19.6 Å². The molecule has 4 saturated carbocycles. The maximum Gasteiger partial charge on any atom is 0.163 e. The number of ketones is 1. The Morgan fingerprint density at radius 1 is 1.28 bits per heavy atom. The number of fused-ring (bicyclic) bond motifs is 1. The second-order valence-corrected chi connectivity index (χ2v) is 17.5. The Morgan fingerprint density at radius 3 is 2.62 bits per heavy atom. The van der Waals surface area contributed by atoms with Crippen molar-refractivity contribution >= 4 is 30.6 Å². The monoisotopic (exact) mass is 455 g/mol. The number of nitrogens with zero attached hydrogens (tertiary/aromatic N) is 2. The molecule has 4 aliphatic carbocycles. The van der Waals surface area contributed by atoms with E-state index in [9.17, 15) is 9.90 Å². The van der Waals surface area contributed by atoms with Crippen molar-refractivity contribution in [3.05, 3.63) is 24.0 Å². The third-order valence-corrected chi connectivity index (χ3v) is 9.65. The van der Waals surface area contributed by atoms with Crippen molar-refractivity contribution in [2.24, 2.45) is 17.8 Å². The quantitative estimate of drug-likeness (QED) is 0.336. The number of aromatic nitrogens is 2. The number of Topliss-reactive ketones (excluding diaryl/α,β-unsaturated/α-hetero) is 1. The predicted molar refractivity (Wildman–Crippen MR) is 130 cm³/mol. The number of nitrogens with one attached hydrogen (secondary N) is 1. The largest absolute Gasteiger partial charge is 0.390 e. The number of anilines is 1. The lowest BCUT2D eigenvalue weighted by Crippen LogP contribution is -2.59. The highest BCUT2D eigenvalue weighted by Crippen LogP contribution is 2.56. The molecule has 4 aliphatic rings. The summed E-state index contributed by atoms with van der Waals surface area (Å²) in [4.78, 5) is 17.1. The first kappa shape index (κ1) is 22.1. The second-order valence-electron chi connectivity index (χ2n) is 11.8. The van der Waals surface area contributed by atoms with Gasteiger partial charge in [-0.05, 0) is 68.9 Å². The van der Waals surface area contributed by atoms with Crippen LogP contribution < -0.4 is 5.32 Å². The fourth-order valence-corrected chi connectivity index (χ4v) is 7.35. The van der Waals surface area contributed by atoms with E-state index in [1.165, 1.54) is 12.8 Å². The molecule has 4 fully saturated rings. The third-order valence-electron chi connectivity index (χ3n) is 7.95. The number of carbonyl (C=O) groups excluding carboxylic acids is 1. The van der Waals surface area contributed by atoms with Crippen LogP contribution in [0.5, 0.6) is 0 Å². The van der Waals surface area contributed by atoms with Gasteiger partial charge in [0.15, 0.2) is 5.78 Å². The van der Waals surface area contributed by atoms with E-state index in [0.717, 1.165) is 48.6 Å². The molecule has 7 heteroatoms. The predicted octanol–water partition coefficient (Wildman–Crippen LogP) is 4.90. The molecular weight excluding hydrogens is 418 g/mol. The van der Waals surface area contributed by atoms with Gasteiger partial charge in [0.05, 0.1) is 16.9 Å². The van der Waals surface area contributed by atoms with Gasteiger partial charge in [0.25, 0.3) is 0 Å². The molecule has 0 spiro atoms. The Hall–Kier alpha value is -1.70. The van der Waals surface area contributed by atoms with Gasteiger partial charge in [-0.25, -0.2) is 4.98 Å². The fourth-order valence-electron chi connectivity index (χ4n) is 6.59. The number of hydrogen-bond acceptors (Lipinski definition) is 5. The normalized spacial score (nSPS) is 31.4. The first-order valence-electron chi connectivity index (χ1n) is 12.2. The first-order valence-corrected chi connectivity index (χ1v) is 15.9. The van der Waals surface area contributed by atoms with E-state index in [2.05, 4.69) is 36.0 Å². The average molecular weight is 456 g/mol. The van der Waals surface area contributed by atoms with Crippen molar-refractivity contribution in [3.8, 4) is 0 Å². The smallest absolute Gasteiger partial charge is 0.163 e. The summed E-state index contributed by atoms with van der Waals surface area (Å²) < 4.78 is 8.00. The molecule has 174 valence electrons. The van der Waals surface area contributed by atoms with E-state index in [-0.39, 0.29) is 5.78 Å². The van der Waals surface area contributed by atoms with Crippen molar-refractivity contribution in [1.29, 1.82) is 0 Å². The molecule has 2 heterocycles. The Balaban J connectivity index is 1.40. The Morgan fingerprint density at radius 2 is 2.00 bits per heavy atom. The van der Waals surface area contributed by atoms with E-state index in [0.29, 0.717) is 36.1 Å². The van der Waals surface area contributed by atoms with Crippen LogP contribution >= 0.6 is 0 Å². The lowest BCUT2D eigenvalue weighted by atomic mass is 9.52. The molecule has 0 saturated heterocycles. The zero-order chi connectivity index (χ0) is 22.7. The van der Waals surface area contributed by atoms with Gasteiger partial charge in [0, 0.05) is 38.5 Å². The lowest BCUT2D eigenvalue weighted by Gasteiger charge is -2.58. The van der Waals surface area contributed by atoms with Gasteiger partial charge in [-0.2, -0.15) is 0 Å². The van der Waals surface area contributed by atoms with Crippen molar-refractivity contribution in [1.82, 2.24) is 9.55 Å². The van der Waals surface area contributed by atoms with Crippen LogP contribution in [0, 0.1) is 17.8 Å². The summed E-state index contributed by atoms with van der Waals surface area (Å²) in [5.41, 5.74) is 1.96. The van der Waals surface area contributed by atoms with Gasteiger partial charge in [0.2, 0.25) is 0 Å². The molecule has 2 aromatic rings. The van der Waals surface area contributed by atoms with Crippen LogP contribution in [0.4, 0.5) is 5.69 Å². The highest BCUT2D eigenvalue weighted by atomic mass is 28.3. The van der Waals surface area contributed by atoms with Crippen molar-refractivity contribution in [2.75, 3.05) is 11.9 Å². The van der Waals surface area contributed by atoms with Crippen LogP contribution in [0.15, 0.2) is 18.5 Å². The Kier molecular flexibility index (Phi) is 5.50. The second kappa shape index (κ2) is 7.96. The van der Waals surface area contributed by atoms with E-state index in [1.807, 2.05) is 10.8 Å². The van der Waals surface area contributed by atoms with E-state index in [4.69, 9.17) is 4.74 Å². The molecule has 0 radical (unpaired) electrons. The molecule has 0 unspecified atom stereocenters. The number of carbonyl (C=O) groups is 1. The van der Waals surface area contributed by atoms with Gasteiger partial charge >= 0.3 is 0 Å². The zero-order valence-electron chi connectivity index (χ0n) is 19.9. The maximum absolute atomic E-state index is 12.5. The van der Waals surface area contributed by atoms with Gasteiger partial charge < -0.3 is 19.7 Å². The lowest BCUT2D eigenvalue weighted by molar-refractivity contribution is -0.129. The standard InChI is InChI=1S/C25H37N3O3Si/c1-16(29)21-14-26-24-20(5-6-28(24)15-31-7-8-32(2,3)4)23(21)27-22-18-9-17-10-19(22)13-25(30,11-17)12-18/h5-6,14,17-19,22,30H,7-13,15H2,1-4H3,(H,26,27)/t17-,18-,19+,22-,25-. The van der Waals surface area contributed by atoms with Gasteiger partial charge in [-0.3, -0.25) is 4.79 Å². The molecule has 32 heavy (non-hydrogen) atoms. The summed E-state index contributed by atoms with van der Waals surface area (Å²) >= 11 is 0. The number of ether oxygens (including phenoxy) is 1. The Labute approximate surface area is 191 Å². The average Bonchev–Trinajstić information content (AvgIpc) is 3.09. The third kappa shape index (κ3) is 4.15. The summed E-state index contributed by atoms with van der Waals surface area (Å²) in [5.74, 6) is 1.64. The molecule has 2 N–H and O–H groups in total. The highest BCUT2D eigenvalue weighted by Gasteiger charge is 2.54. The van der Waals surface area contributed by atoms with E-state index < -0.39 is 13.7 Å². The molecular formula is C25H37N3O3Si. The molecule has 6 nitrogen and oxygen atoms in total. The SMILES string of the molecule is CC(=O)c1cnc2c(ccn2COCC[Si](C)(C)C)c1N[C@@H]1[C@@H]2C[C@@H]3C[C@H]1C[C@@](O)(C3)C2. The summed E-state index contributed by atoms with van der Waals surface area (Å²) in [6.07, 6.45) is 8.85. The minimum absolute atomic E-state index is 0.0310. The van der Waals surface area contributed by atoms with Crippen molar-refractivity contribution < 1.29 is 14.6 Å². The minimum Gasteiger partial charge on any atom is -0.390 e. The maximum atomic E-state index is 12.5. The highest BCUT2D eigenvalue weighted by molar-refractivity contribution is 6.76. The molecule has 4 bridgehead atoms. The number of pyridine rings is 1. The van der Waals surface area contributed by atoms with Crippen LogP contribution in [0.2, 0.25) is 25.7 Å². The Bertz CT molecular complexity index is 1010. The van der Waals surface area contributed by atoms with Gasteiger partial charge in [-0.15, -0.1) is 0 Å². The summed E-state index contributed by atoms with van der Waals surface area (Å²) in [5, 5.41) is 15.7. The molecule has 6 rings (SSSR count).